The van der Waals surface area contributed by atoms with E-state index in [0.29, 0.717) is 21.9 Å². The first kappa shape index (κ1) is 14.9. The molecule has 0 amide bonds. The van der Waals surface area contributed by atoms with Gasteiger partial charge in [-0.2, -0.15) is 5.26 Å². The van der Waals surface area contributed by atoms with Crippen molar-refractivity contribution >= 4 is 28.8 Å². The van der Waals surface area contributed by atoms with E-state index in [0.717, 1.165) is 10.6 Å². The fourth-order valence-corrected chi connectivity index (χ4v) is 2.53. The summed E-state index contributed by atoms with van der Waals surface area (Å²) < 4.78 is 5.27. The van der Waals surface area contributed by atoms with Crippen molar-refractivity contribution in [2.45, 2.75) is 13.8 Å². The summed E-state index contributed by atoms with van der Waals surface area (Å²) in [5.41, 5.74) is 1.69. The molecule has 0 aliphatic rings. The summed E-state index contributed by atoms with van der Waals surface area (Å²) in [4.78, 5) is 11.9. The van der Waals surface area contributed by atoms with Crippen LogP contribution in [0, 0.1) is 18.3 Å². The van der Waals surface area contributed by atoms with Gasteiger partial charge in [0.25, 0.3) is 0 Å². The van der Waals surface area contributed by atoms with Crippen LogP contribution in [0.2, 0.25) is 0 Å². The van der Waals surface area contributed by atoms with Crippen LogP contribution in [0.5, 0.6) is 5.75 Å². The number of ether oxygens (including phenoxy) is 1. The Morgan fingerprint density at radius 1 is 1.43 bits per heavy atom. The Hall–Kier alpha value is -2.52. The van der Waals surface area contributed by atoms with E-state index in [4.69, 9.17) is 10.00 Å². The lowest BCUT2D eigenvalue weighted by atomic mass is 10.1. The Bertz CT molecular complexity index is 757. The second kappa shape index (κ2) is 6.29. The number of rotatable bonds is 4. The lowest BCUT2D eigenvalue weighted by molar-refractivity contribution is -0.111. The van der Waals surface area contributed by atoms with Crippen molar-refractivity contribution in [3.8, 4) is 11.8 Å². The molecular formula is C15H13N3O2S. The first-order valence-electron chi connectivity index (χ1n) is 6.16. The monoisotopic (exact) mass is 299 g/mol. The zero-order chi connectivity index (χ0) is 15.4. The molecule has 2 rings (SSSR count). The Labute approximate surface area is 126 Å². The molecule has 0 bridgehead atoms. The molecule has 0 N–H and O–H groups in total. The number of methoxy groups -OCH3 is 1. The van der Waals surface area contributed by atoms with Gasteiger partial charge in [-0.1, -0.05) is 11.3 Å². The third-order valence-electron chi connectivity index (χ3n) is 2.80. The predicted molar refractivity (Wildman–Crippen MR) is 80.9 cm³/mol. The van der Waals surface area contributed by atoms with Crippen molar-refractivity contribution in [2.75, 3.05) is 7.11 Å². The topological polar surface area (TPSA) is 75.9 Å². The molecule has 1 aromatic heterocycles. The van der Waals surface area contributed by atoms with Gasteiger partial charge >= 0.3 is 0 Å². The number of aryl methyl sites for hydroxylation is 1. The highest BCUT2D eigenvalue weighted by molar-refractivity contribution is 7.12. The third kappa shape index (κ3) is 3.33. The van der Waals surface area contributed by atoms with Crippen molar-refractivity contribution in [3.05, 3.63) is 39.3 Å². The van der Waals surface area contributed by atoms with Crippen LogP contribution in [0.4, 0.5) is 0 Å². The second-order valence-corrected chi connectivity index (χ2v) is 5.49. The highest BCUT2D eigenvalue weighted by atomic mass is 32.1. The van der Waals surface area contributed by atoms with Gasteiger partial charge in [-0.05, 0) is 38.1 Å². The zero-order valence-electron chi connectivity index (χ0n) is 11.9. The average molecular weight is 299 g/mol. The summed E-state index contributed by atoms with van der Waals surface area (Å²) in [5, 5.41) is 18.2. The molecule has 2 aromatic rings. The van der Waals surface area contributed by atoms with Crippen molar-refractivity contribution in [1.82, 2.24) is 10.2 Å². The summed E-state index contributed by atoms with van der Waals surface area (Å²) in [5.74, 6) is 0.437. The van der Waals surface area contributed by atoms with Crippen molar-refractivity contribution < 1.29 is 9.53 Å². The summed E-state index contributed by atoms with van der Waals surface area (Å²) >= 11 is 1.36. The minimum Gasteiger partial charge on any atom is -0.496 e. The smallest absolute Gasteiger partial charge is 0.162 e. The van der Waals surface area contributed by atoms with Crippen LogP contribution < -0.4 is 4.74 Å². The first-order valence-corrected chi connectivity index (χ1v) is 6.98. The van der Waals surface area contributed by atoms with E-state index in [1.165, 1.54) is 25.4 Å². The van der Waals surface area contributed by atoms with Crippen LogP contribution in [0.1, 0.15) is 28.1 Å². The number of allylic oxidation sites excluding steroid dienone is 1. The maximum Gasteiger partial charge on any atom is 0.162 e. The molecular weight excluding hydrogens is 286 g/mol. The largest absolute Gasteiger partial charge is 0.496 e. The van der Waals surface area contributed by atoms with Gasteiger partial charge in [0, 0.05) is 5.56 Å². The minimum absolute atomic E-state index is 0.0995. The lowest BCUT2D eigenvalue weighted by Crippen LogP contribution is -1.97. The van der Waals surface area contributed by atoms with Gasteiger partial charge in [-0.25, -0.2) is 0 Å². The number of aromatic nitrogens is 2. The molecule has 0 aliphatic heterocycles. The van der Waals surface area contributed by atoms with Gasteiger partial charge in [-0.15, -0.1) is 10.2 Å². The number of hydrogen-bond acceptors (Lipinski definition) is 6. The predicted octanol–water partition coefficient (Wildman–Crippen LogP) is 2.86. The van der Waals surface area contributed by atoms with E-state index in [1.807, 2.05) is 6.92 Å². The van der Waals surface area contributed by atoms with Crippen LogP contribution in [0.3, 0.4) is 0 Å². The molecule has 21 heavy (non-hydrogen) atoms. The summed E-state index contributed by atoms with van der Waals surface area (Å²) in [6.07, 6.45) is 1.71. The number of benzene rings is 1. The maximum absolute atomic E-state index is 11.9. The molecule has 1 aromatic carbocycles. The minimum atomic E-state index is -0.0995. The van der Waals surface area contributed by atoms with E-state index >= 15 is 0 Å². The summed E-state index contributed by atoms with van der Waals surface area (Å²) in [6.45, 7) is 3.32. The van der Waals surface area contributed by atoms with Crippen LogP contribution in [-0.4, -0.2) is 23.1 Å². The Balaban J connectivity index is 2.53. The number of ketones is 1. The molecule has 0 fully saturated rings. The molecule has 0 atom stereocenters. The Morgan fingerprint density at radius 3 is 2.71 bits per heavy atom. The van der Waals surface area contributed by atoms with Crippen molar-refractivity contribution in [2.24, 2.45) is 0 Å². The highest BCUT2D eigenvalue weighted by Crippen LogP contribution is 2.27. The van der Waals surface area contributed by atoms with Gasteiger partial charge in [0.15, 0.2) is 10.8 Å². The van der Waals surface area contributed by atoms with E-state index < -0.39 is 0 Å². The van der Waals surface area contributed by atoms with Crippen molar-refractivity contribution in [1.29, 1.82) is 5.26 Å². The number of Topliss-reactive ketones (excluding diaryl/α,β-unsaturated/α-hetero) is 1. The summed E-state index contributed by atoms with van der Waals surface area (Å²) in [7, 11) is 1.52. The maximum atomic E-state index is 11.9. The quantitative estimate of drug-likeness (QED) is 0.811. The SMILES string of the molecule is COc1cc(C#N)ccc1C=C(C(C)=O)c1nnc(C)s1. The molecule has 1 heterocycles. The highest BCUT2D eigenvalue weighted by Gasteiger charge is 2.14. The number of nitriles is 1. The fraction of sp³-hybridized carbons (Fsp3) is 0.200. The fourth-order valence-electron chi connectivity index (χ4n) is 1.77. The second-order valence-electron chi connectivity index (χ2n) is 4.31. The van der Waals surface area contributed by atoms with E-state index in [1.54, 1.807) is 24.3 Å². The standard InChI is InChI=1S/C15H13N3O2S/c1-9(19)13(15-18-17-10(2)21-15)7-12-5-4-11(8-16)6-14(12)20-3/h4-7H,1-3H3. The van der Waals surface area contributed by atoms with E-state index in [-0.39, 0.29) is 5.78 Å². The molecule has 0 radical (unpaired) electrons. The zero-order valence-corrected chi connectivity index (χ0v) is 12.7. The normalized spacial score (nSPS) is 11.0. The van der Waals surface area contributed by atoms with Crippen LogP contribution in [-0.2, 0) is 4.79 Å². The first-order chi connectivity index (χ1) is 10.0. The lowest BCUT2D eigenvalue weighted by Gasteiger charge is -2.06. The molecule has 0 aliphatic carbocycles. The van der Waals surface area contributed by atoms with Gasteiger partial charge in [0.1, 0.15) is 10.8 Å². The average Bonchev–Trinajstić information content (AvgIpc) is 2.90. The Morgan fingerprint density at radius 2 is 2.19 bits per heavy atom. The molecule has 6 heteroatoms. The van der Waals surface area contributed by atoms with Crippen molar-refractivity contribution in [3.63, 3.8) is 0 Å². The van der Waals surface area contributed by atoms with Crippen LogP contribution in [0.25, 0.3) is 11.6 Å². The third-order valence-corrected chi connectivity index (χ3v) is 3.67. The van der Waals surface area contributed by atoms with E-state index in [9.17, 15) is 4.79 Å². The molecule has 106 valence electrons. The number of nitrogens with zero attached hydrogens (tertiary/aromatic N) is 3. The summed E-state index contributed by atoms with van der Waals surface area (Å²) in [6, 6.07) is 7.11. The molecule has 0 saturated carbocycles. The molecule has 5 nitrogen and oxygen atoms in total. The van der Waals surface area contributed by atoms with Gasteiger partial charge in [0.2, 0.25) is 0 Å². The molecule has 0 saturated heterocycles. The van der Waals surface area contributed by atoms with Crippen LogP contribution >= 0.6 is 11.3 Å². The van der Waals surface area contributed by atoms with Gasteiger partial charge < -0.3 is 4.74 Å². The van der Waals surface area contributed by atoms with E-state index in [2.05, 4.69) is 16.3 Å². The van der Waals surface area contributed by atoms with Crippen LogP contribution in [0.15, 0.2) is 18.2 Å². The van der Waals surface area contributed by atoms with Gasteiger partial charge in [0.05, 0.1) is 24.3 Å². The number of carbonyl (C=O) groups is 1. The number of carbonyl (C=O) groups excluding carboxylic acids is 1. The molecule has 0 unspecified atom stereocenters. The molecule has 0 spiro atoms. The van der Waals surface area contributed by atoms with Gasteiger partial charge in [-0.3, -0.25) is 4.79 Å². The Kier molecular flexibility index (Phi) is 4.45. The number of hydrogen-bond donors (Lipinski definition) is 0.